The number of benzene rings is 2. The molecular formula is C21H15F5N3O6S+. The van der Waals surface area contributed by atoms with Crippen LogP contribution < -0.4 is 14.6 Å². The Hall–Kier alpha value is -4.14. The number of rotatable bonds is 8. The number of carbonyl (C=O) groups excluding carboxylic acids is 1. The highest BCUT2D eigenvalue weighted by atomic mass is 32.2. The maximum Gasteiger partial charge on any atom is 0.501 e. The van der Waals surface area contributed by atoms with Crippen LogP contribution >= 0.6 is 0 Å². The van der Waals surface area contributed by atoms with Crippen LogP contribution in [0.1, 0.15) is 15.9 Å². The van der Waals surface area contributed by atoms with Gasteiger partial charge in [0.1, 0.15) is 5.75 Å². The molecule has 1 heterocycles. The third-order valence-corrected chi connectivity index (χ3v) is 6.18. The zero-order chi connectivity index (χ0) is 26.7. The van der Waals surface area contributed by atoms with E-state index in [4.69, 9.17) is 0 Å². The Balaban J connectivity index is 1.82. The second kappa shape index (κ2) is 10.2. The normalized spacial score (nSPS) is 11.8. The van der Waals surface area contributed by atoms with Gasteiger partial charge in [-0.15, -0.1) is 0 Å². The highest BCUT2D eigenvalue weighted by Gasteiger charge is 2.47. The summed E-state index contributed by atoms with van der Waals surface area (Å²) < 4.78 is 91.6. The summed E-state index contributed by atoms with van der Waals surface area (Å²) in [7, 11) is -5.80. The lowest BCUT2D eigenvalue weighted by Gasteiger charge is -2.08. The van der Waals surface area contributed by atoms with E-state index in [-0.39, 0.29) is 23.5 Å². The second-order valence-corrected chi connectivity index (χ2v) is 9.00. The fourth-order valence-corrected chi connectivity index (χ4v) is 3.80. The minimum atomic E-state index is -5.80. The number of hydrogen-bond donors (Lipinski definition) is 1. The molecular weight excluding hydrogens is 517 g/mol. The zero-order valence-corrected chi connectivity index (χ0v) is 18.6. The van der Waals surface area contributed by atoms with Crippen molar-refractivity contribution in [1.29, 1.82) is 0 Å². The smallest absolute Gasteiger partial charge is 0.435 e. The lowest BCUT2D eigenvalue weighted by molar-refractivity contribution is -0.601. The van der Waals surface area contributed by atoms with Gasteiger partial charge in [-0.3, -0.25) is 14.9 Å². The largest absolute Gasteiger partial charge is 0.501 e. The number of amides is 1. The number of halogens is 5. The number of carbonyl (C=O) groups is 1. The Bertz CT molecular complexity index is 1400. The number of hydrogen-bond acceptors (Lipinski definition) is 6. The van der Waals surface area contributed by atoms with Gasteiger partial charge in [-0.25, -0.2) is 8.42 Å². The fraction of sp³-hybridized carbons (Fsp3) is 0.143. The Morgan fingerprint density at radius 3 is 2.36 bits per heavy atom. The number of nitrogens with zero attached hydrogens (tertiary/aromatic N) is 2. The van der Waals surface area contributed by atoms with Crippen molar-refractivity contribution in [3.8, 4) is 11.4 Å². The molecule has 0 aliphatic rings. The van der Waals surface area contributed by atoms with E-state index in [1.807, 2.05) is 0 Å². The van der Waals surface area contributed by atoms with Gasteiger partial charge < -0.3 is 10.1 Å². The number of aromatic nitrogens is 1. The molecule has 1 N–H and O–H groups in total. The molecule has 15 heteroatoms. The average molecular weight is 532 g/mol. The Labute approximate surface area is 199 Å². The Morgan fingerprint density at radius 1 is 1.11 bits per heavy atom. The van der Waals surface area contributed by atoms with Crippen molar-refractivity contribution >= 4 is 21.4 Å². The predicted molar refractivity (Wildman–Crippen MR) is 112 cm³/mol. The lowest BCUT2D eigenvalue weighted by Crippen LogP contribution is -2.33. The van der Waals surface area contributed by atoms with Crippen LogP contribution in [0.25, 0.3) is 5.69 Å². The molecule has 1 amide bonds. The van der Waals surface area contributed by atoms with E-state index in [1.54, 1.807) is 6.07 Å². The highest BCUT2D eigenvalue weighted by Crippen LogP contribution is 2.33. The summed E-state index contributed by atoms with van der Waals surface area (Å²) in [5, 5.41) is 14.0. The molecule has 190 valence electrons. The molecule has 1 aromatic heterocycles. The lowest BCUT2D eigenvalue weighted by atomic mass is 10.2. The van der Waals surface area contributed by atoms with E-state index in [0.29, 0.717) is 17.7 Å². The quantitative estimate of drug-likeness (QED) is 0.205. The number of alkyl halides is 5. The van der Waals surface area contributed by atoms with Crippen molar-refractivity contribution in [2.24, 2.45) is 0 Å². The van der Waals surface area contributed by atoms with Crippen molar-refractivity contribution in [3.63, 3.8) is 0 Å². The highest BCUT2D eigenvalue weighted by molar-refractivity contribution is 7.92. The summed E-state index contributed by atoms with van der Waals surface area (Å²) >= 11 is 0. The van der Waals surface area contributed by atoms with Gasteiger partial charge >= 0.3 is 17.8 Å². The van der Waals surface area contributed by atoms with Crippen molar-refractivity contribution in [3.05, 3.63) is 88.2 Å². The van der Waals surface area contributed by atoms with E-state index < -0.39 is 43.4 Å². The van der Waals surface area contributed by atoms with Gasteiger partial charge in [0.15, 0.2) is 12.4 Å². The maximum atomic E-state index is 12.8. The minimum Gasteiger partial charge on any atom is -0.435 e. The third kappa shape index (κ3) is 5.91. The van der Waals surface area contributed by atoms with E-state index in [2.05, 4.69) is 10.1 Å². The number of ether oxygens (including phenoxy) is 1. The summed E-state index contributed by atoms with van der Waals surface area (Å²) in [5.41, 5.74) is -6.19. The molecule has 3 rings (SSSR count). The standard InChI is InChI=1S/C21H14F5N3O6S/c22-20(23)35-15-5-3-14(4-6-15)19(30)27-11-13-2-1-9-28(12-13)17-8-7-16(10-18(17)29(31)32)36(33,34)21(24,25)26/h1-10,12,20H,11H2/p+1. The van der Waals surface area contributed by atoms with Gasteiger partial charge in [-0.2, -0.15) is 26.5 Å². The van der Waals surface area contributed by atoms with Gasteiger partial charge in [0.05, 0.1) is 9.82 Å². The van der Waals surface area contributed by atoms with Gasteiger partial charge in [-0.1, -0.05) is 0 Å². The molecule has 0 saturated carbocycles. The molecule has 36 heavy (non-hydrogen) atoms. The average Bonchev–Trinajstić information content (AvgIpc) is 2.81. The minimum absolute atomic E-state index is 0.0801. The summed E-state index contributed by atoms with van der Waals surface area (Å²) in [6.45, 7) is -3.10. The topological polar surface area (TPSA) is 119 Å². The van der Waals surface area contributed by atoms with E-state index >= 15 is 0 Å². The Kier molecular flexibility index (Phi) is 7.52. The SMILES string of the molecule is O=C(NCc1ccc[n+](-c2ccc(S(=O)(=O)C(F)(F)F)cc2[N+](=O)[O-])c1)c1ccc(OC(F)F)cc1. The fourth-order valence-electron chi connectivity index (χ4n) is 3.02. The predicted octanol–water partition coefficient (Wildman–Crippen LogP) is 3.70. The van der Waals surface area contributed by atoms with E-state index in [1.165, 1.54) is 47.3 Å². The molecule has 0 aliphatic carbocycles. The van der Waals surface area contributed by atoms with Gasteiger partial charge in [-0.05, 0) is 36.4 Å². The number of nitrogens with one attached hydrogen (secondary N) is 1. The molecule has 0 bridgehead atoms. The van der Waals surface area contributed by atoms with Crippen LogP contribution in [-0.4, -0.2) is 31.4 Å². The van der Waals surface area contributed by atoms with Crippen LogP contribution in [0.5, 0.6) is 5.75 Å². The summed E-state index contributed by atoms with van der Waals surface area (Å²) in [4.78, 5) is 21.5. The zero-order valence-electron chi connectivity index (χ0n) is 17.8. The molecule has 3 aromatic rings. The van der Waals surface area contributed by atoms with Crippen LogP contribution in [-0.2, 0) is 16.4 Å². The Morgan fingerprint density at radius 2 is 1.78 bits per heavy atom. The van der Waals surface area contributed by atoms with Crippen molar-refractivity contribution in [2.45, 2.75) is 23.6 Å². The number of nitro groups is 1. The number of pyridine rings is 1. The van der Waals surface area contributed by atoms with E-state index in [0.717, 1.165) is 6.07 Å². The van der Waals surface area contributed by atoms with Crippen LogP contribution in [0, 0.1) is 10.1 Å². The molecule has 2 aromatic carbocycles. The van der Waals surface area contributed by atoms with Gasteiger partial charge in [0.2, 0.25) is 0 Å². The van der Waals surface area contributed by atoms with Crippen LogP contribution in [0.3, 0.4) is 0 Å². The first kappa shape index (κ1) is 26.5. The first-order chi connectivity index (χ1) is 16.8. The van der Waals surface area contributed by atoms with Crippen LogP contribution in [0.2, 0.25) is 0 Å². The first-order valence-corrected chi connectivity index (χ1v) is 11.2. The third-order valence-electron chi connectivity index (χ3n) is 4.69. The molecule has 9 nitrogen and oxygen atoms in total. The molecule has 0 radical (unpaired) electrons. The summed E-state index contributed by atoms with van der Waals surface area (Å²) in [6.07, 6.45) is 2.69. The maximum absolute atomic E-state index is 12.8. The van der Waals surface area contributed by atoms with Crippen molar-refractivity contribution in [1.82, 2.24) is 5.32 Å². The number of sulfone groups is 1. The van der Waals surface area contributed by atoms with Gasteiger partial charge in [0.25, 0.3) is 21.4 Å². The van der Waals surface area contributed by atoms with E-state index in [9.17, 15) is 45.3 Å². The summed E-state index contributed by atoms with van der Waals surface area (Å²) in [6, 6.07) is 9.67. The van der Waals surface area contributed by atoms with Crippen LogP contribution in [0.4, 0.5) is 27.6 Å². The first-order valence-electron chi connectivity index (χ1n) is 9.73. The molecule has 0 atom stereocenters. The molecule has 0 unspecified atom stereocenters. The second-order valence-electron chi connectivity index (χ2n) is 7.06. The van der Waals surface area contributed by atoms with Crippen LogP contribution in [0.15, 0.2) is 71.9 Å². The molecule has 0 aliphatic heterocycles. The monoisotopic (exact) mass is 532 g/mol. The number of nitro benzene ring substituents is 1. The molecule has 0 spiro atoms. The van der Waals surface area contributed by atoms with Gasteiger partial charge in [0, 0.05) is 35.9 Å². The van der Waals surface area contributed by atoms with Crippen molar-refractivity contribution < 1.29 is 49.4 Å². The summed E-state index contributed by atoms with van der Waals surface area (Å²) in [5.74, 6) is -0.706. The molecule has 0 fully saturated rings. The van der Waals surface area contributed by atoms with Crippen molar-refractivity contribution in [2.75, 3.05) is 0 Å². The molecule has 0 saturated heterocycles.